The first kappa shape index (κ1) is 23.1. The molecule has 0 aliphatic carbocycles. The minimum absolute atomic E-state index is 0.238. The Kier molecular flexibility index (Phi) is 6.69. The summed E-state index contributed by atoms with van der Waals surface area (Å²) in [6.07, 6.45) is -3.86. The Morgan fingerprint density at radius 2 is 1.63 bits per heavy atom. The van der Waals surface area contributed by atoms with Gasteiger partial charge >= 0.3 is 12.3 Å². The molecule has 0 saturated heterocycles. The quantitative estimate of drug-likeness (QED) is 0.742. The van der Waals surface area contributed by atoms with E-state index in [1.807, 2.05) is 0 Å². The first-order chi connectivity index (χ1) is 13.8. The molecular weight excluding hydrogens is 401 g/mol. The van der Waals surface area contributed by atoms with Gasteiger partial charge in [0.2, 0.25) is 5.91 Å². The number of aromatic nitrogens is 2. The monoisotopic (exact) mass is 424 g/mol. The zero-order valence-electron chi connectivity index (χ0n) is 17.3. The summed E-state index contributed by atoms with van der Waals surface area (Å²) in [4.78, 5) is 35.0. The van der Waals surface area contributed by atoms with Gasteiger partial charge in [-0.1, -0.05) is 12.1 Å². The summed E-state index contributed by atoms with van der Waals surface area (Å²) < 4.78 is 43.4. The van der Waals surface area contributed by atoms with Gasteiger partial charge < -0.3 is 9.64 Å². The molecule has 0 aliphatic rings. The van der Waals surface area contributed by atoms with E-state index in [1.54, 1.807) is 20.8 Å². The fourth-order valence-electron chi connectivity index (χ4n) is 2.36. The molecule has 10 heteroatoms. The number of hydrogen-bond acceptors (Lipinski definition) is 5. The van der Waals surface area contributed by atoms with Crippen molar-refractivity contribution in [2.24, 2.45) is 0 Å². The van der Waals surface area contributed by atoms with Gasteiger partial charge in [-0.15, -0.1) is 0 Å². The molecule has 0 spiro atoms. The zero-order valence-corrected chi connectivity index (χ0v) is 17.3. The third-order valence-electron chi connectivity index (χ3n) is 3.96. The summed E-state index contributed by atoms with van der Waals surface area (Å²) in [6.45, 7) is 4.91. The minimum Gasteiger partial charge on any atom is -0.444 e. The van der Waals surface area contributed by atoms with Crippen LogP contribution in [0.3, 0.4) is 0 Å². The van der Waals surface area contributed by atoms with Crippen LogP contribution in [0.5, 0.6) is 0 Å². The van der Waals surface area contributed by atoms with Crippen molar-refractivity contribution >= 4 is 17.8 Å². The van der Waals surface area contributed by atoms with Crippen LogP contribution in [-0.2, 0) is 15.7 Å². The number of likely N-dealkylation sites (N-methyl/N-ethyl adjacent to an activating group) is 2. The number of rotatable bonds is 4. The highest BCUT2D eigenvalue weighted by atomic mass is 19.4. The molecule has 30 heavy (non-hydrogen) atoms. The molecule has 0 saturated carbocycles. The molecule has 0 aliphatic heterocycles. The smallest absolute Gasteiger partial charge is 0.416 e. The maximum Gasteiger partial charge on any atom is 0.416 e. The second kappa shape index (κ2) is 8.68. The van der Waals surface area contributed by atoms with Crippen molar-refractivity contribution < 1.29 is 27.5 Å². The van der Waals surface area contributed by atoms with E-state index in [-0.39, 0.29) is 12.4 Å². The number of halogens is 3. The molecule has 2 aromatic rings. The Morgan fingerprint density at radius 1 is 1.03 bits per heavy atom. The van der Waals surface area contributed by atoms with Crippen molar-refractivity contribution in [3.63, 3.8) is 0 Å². The lowest BCUT2D eigenvalue weighted by Gasteiger charge is -2.25. The van der Waals surface area contributed by atoms with Crippen molar-refractivity contribution in [3.8, 4) is 11.3 Å². The molecule has 1 aromatic heterocycles. The Labute approximate surface area is 172 Å². The van der Waals surface area contributed by atoms with Gasteiger partial charge in [0.1, 0.15) is 24.3 Å². The van der Waals surface area contributed by atoms with Crippen LogP contribution in [0.4, 0.5) is 23.8 Å². The zero-order chi connectivity index (χ0) is 22.7. The summed E-state index contributed by atoms with van der Waals surface area (Å²) in [5.74, 6) is -0.192. The lowest BCUT2D eigenvalue weighted by Crippen LogP contribution is -2.42. The number of amides is 2. The van der Waals surface area contributed by atoms with Crippen molar-refractivity contribution in [2.45, 2.75) is 32.5 Å². The number of ether oxygens (including phenoxy) is 1. The highest BCUT2D eigenvalue weighted by Crippen LogP contribution is 2.31. The maximum absolute atomic E-state index is 12.7. The third kappa shape index (κ3) is 6.16. The Morgan fingerprint density at radius 3 is 2.17 bits per heavy atom. The van der Waals surface area contributed by atoms with Gasteiger partial charge in [-0.3, -0.25) is 9.69 Å². The van der Waals surface area contributed by atoms with Crippen LogP contribution in [0.25, 0.3) is 11.3 Å². The lowest BCUT2D eigenvalue weighted by molar-refractivity contribution is -0.137. The van der Waals surface area contributed by atoms with E-state index in [0.717, 1.165) is 17.0 Å². The Hall–Kier alpha value is -3.17. The predicted octanol–water partition coefficient (Wildman–Crippen LogP) is 3.99. The number of hydrogen-bond donors (Lipinski definition) is 0. The molecule has 162 valence electrons. The van der Waals surface area contributed by atoms with Gasteiger partial charge in [0, 0.05) is 25.7 Å². The normalized spacial score (nSPS) is 11.7. The molecule has 1 aromatic carbocycles. The summed E-state index contributed by atoms with van der Waals surface area (Å²) in [5.41, 5.74) is -0.658. The van der Waals surface area contributed by atoms with Gasteiger partial charge in [-0.25, -0.2) is 14.8 Å². The topological polar surface area (TPSA) is 75.6 Å². The van der Waals surface area contributed by atoms with Crippen LogP contribution < -0.4 is 4.90 Å². The Balaban J connectivity index is 2.13. The third-order valence-corrected chi connectivity index (χ3v) is 3.96. The molecule has 0 unspecified atom stereocenters. The average molecular weight is 424 g/mol. The van der Waals surface area contributed by atoms with Gasteiger partial charge in [-0.2, -0.15) is 13.2 Å². The van der Waals surface area contributed by atoms with E-state index in [2.05, 4.69) is 9.97 Å². The molecule has 0 bridgehead atoms. The molecule has 2 amide bonds. The van der Waals surface area contributed by atoms with Gasteiger partial charge in [0.05, 0.1) is 11.3 Å². The van der Waals surface area contributed by atoms with Crippen molar-refractivity contribution in [3.05, 3.63) is 42.2 Å². The largest absolute Gasteiger partial charge is 0.444 e. The molecule has 2 rings (SSSR count). The van der Waals surface area contributed by atoms with E-state index in [0.29, 0.717) is 11.3 Å². The van der Waals surface area contributed by atoms with Crippen LogP contribution >= 0.6 is 0 Å². The molecule has 0 fully saturated rings. The second-order valence-corrected chi connectivity index (χ2v) is 7.63. The van der Waals surface area contributed by atoms with E-state index < -0.39 is 29.3 Å². The fraction of sp³-hybridized carbons (Fsp3) is 0.400. The van der Waals surface area contributed by atoms with Crippen molar-refractivity contribution in [1.82, 2.24) is 14.9 Å². The van der Waals surface area contributed by atoms with Crippen molar-refractivity contribution in [1.29, 1.82) is 0 Å². The standard InChI is InChI=1S/C20H23F3N4O3/c1-19(2,3)30-18(29)26(4)11-17(28)27(5)16-10-15(24-12-25-16)13-6-8-14(9-7-13)20(21,22)23/h6-10,12H,11H2,1-5H3. The van der Waals surface area contributed by atoms with Crippen LogP contribution in [-0.4, -0.2) is 53.1 Å². The fourth-order valence-corrected chi connectivity index (χ4v) is 2.36. The number of carbonyl (C=O) groups excluding carboxylic acids is 2. The number of anilines is 1. The van der Waals surface area contributed by atoms with E-state index in [9.17, 15) is 22.8 Å². The highest BCUT2D eigenvalue weighted by molar-refractivity contribution is 5.95. The molecular formula is C20H23F3N4O3. The van der Waals surface area contributed by atoms with Gasteiger partial charge in [0.25, 0.3) is 0 Å². The molecule has 0 radical (unpaired) electrons. The van der Waals surface area contributed by atoms with Crippen LogP contribution in [0, 0.1) is 0 Å². The molecule has 7 nitrogen and oxygen atoms in total. The Bertz CT molecular complexity index is 909. The lowest BCUT2D eigenvalue weighted by atomic mass is 10.1. The average Bonchev–Trinajstić information content (AvgIpc) is 2.65. The minimum atomic E-state index is -4.43. The van der Waals surface area contributed by atoms with E-state index in [4.69, 9.17) is 4.74 Å². The highest BCUT2D eigenvalue weighted by Gasteiger charge is 2.30. The second-order valence-electron chi connectivity index (χ2n) is 7.63. The SMILES string of the molecule is CN(CC(=O)N(C)c1cc(-c2ccc(C(F)(F)F)cc2)ncn1)C(=O)OC(C)(C)C. The number of carbonyl (C=O) groups is 2. The first-order valence-electron chi connectivity index (χ1n) is 8.98. The molecule has 0 atom stereocenters. The van der Waals surface area contributed by atoms with Crippen molar-refractivity contribution in [2.75, 3.05) is 25.5 Å². The summed E-state index contributed by atoms with van der Waals surface area (Å²) in [6, 6.07) is 6.00. The van der Waals surface area contributed by atoms with Crippen LogP contribution in [0.1, 0.15) is 26.3 Å². The molecule has 0 N–H and O–H groups in total. The first-order valence-corrected chi connectivity index (χ1v) is 8.98. The van der Waals surface area contributed by atoms with Gasteiger partial charge in [-0.05, 0) is 32.9 Å². The number of alkyl halides is 3. The predicted molar refractivity (Wildman–Crippen MR) is 105 cm³/mol. The van der Waals surface area contributed by atoms with E-state index >= 15 is 0 Å². The summed E-state index contributed by atoms with van der Waals surface area (Å²) >= 11 is 0. The van der Waals surface area contributed by atoms with Gasteiger partial charge in [0.15, 0.2) is 0 Å². The van der Waals surface area contributed by atoms with E-state index in [1.165, 1.54) is 43.5 Å². The summed E-state index contributed by atoms with van der Waals surface area (Å²) in [7, 11) is 2.91. The number of nitrogens with zero attached hydrogens (tertiary/aromatic N) is 4. The summed E-state index contributed by atoms with van der Waals surface area (Å²) in [5, 5.41) is 0. The number of benzene rings is 1. The molecule has 1 heterocycles. The van der Waals surface area contributed by atoms with Crippen LogP contribution in [0.2, 0.25) is 0 Å². The maximum atomic E-state index is 12.7. The van der Waals surface area contributed by atoms with Crippen LogP contribution in [0.15, 0.2) is 36.7 Å².